The molecule has 0 spiro atoms. The van der Waals surface area contributed by atoms with Crippen molar-refractivity contribution in [3.05, 3.63) is 95.6 Å². The molecule has 25 heavy (non-hydrogen) atoms. The number of methoxy groups -OCH3 is 1. The van der Waals surface area contributed by atoms with Crippen LogP contribution in [0.4, 0.5) is 0 Å². The van der Waals surface area contributed by atoms with Crippen molar-refractivity contribution in [1.29, 1.82) is 0 Å². The topological polar surface area (TPSA) is 38.7 Å². The van der Waals surface area contributed by atoms with Crippen LogP contribution in [-0.4, -0.2) is 12.2 Å². The molecule has 0 saturated heterocycles. The summed E-state index contributed by atoms with van der Waals surface area (Å²) in [6, 6.07) is 25.5. The highest BCUT2D eigenvalue weighted by molar-refractivity contribution is 5.31. The fourth-order valence-electron chi connectivity index (χ4n) is 2.63. The number of rotatable bonds is 7. The first kappa shape index (κ1) is 17.1. The monoisotopic (exact) mass is 334 g/mol. The van der Waals surface area contributed by atoms with Crippen LogP contribution in [0.25, 0.3) is 0 Å². The van der Waals surface area contributed by atoms with E-state index in [1.807, 2.05) is 78.9 Å². The Hall–Kier alpha value is -2.78. The van der Waals surface area contributed by atoms with Crippen molar-refractivity contribution in [2.24, 2.45) is 0 Å². The molecule has 3 aromatic carbocycles. The third kappa shape index (κ3) is 4.85. The molecular weight excluding hydrogens is 312 g/mol. The van der Waals surface area contributed by atoms with Gasteiger partial charge in [0, 0.05) is 6.42 Å². The minimum Gasteiger partial charge on any atom is -0.497 e. The Morgan fingerprint density at radius 3 is 2.04 bits per heavy atom. The molecular formula is C22H22O3. The maximum Gasteiger partial charge on any atom is 0.119 e. The Morgan fingerprint density at radius 1 is 0.760 bits per heavy atom. The molecule has 0 saturated carbocycles. The van der Waals surface area contributed by atoms with Gasteiger partial charge >= 0.3 is 0 Å². The molecule has 0 amide bonds. The standard InChI is InChI=1S/C22H22O3/c1-24-20-13-9-19(10-14-20)22(23)15-17-7-11-21(12-8-17)25-16-18-5-3-2-4-6-18/h2-14,22-23H,15-16H2,1H3. The molecule has 0 radical (unpaired) electrons. The van der Waals surface area contributed by atoms with E-state index in [0.717, 1.165) is 28.2 Å². The largest absolute Gasteiger partial charge is 0.497 e. The Morgan fingerprint density at radius 2 is 1.40 bits per heavy atom. The highest BCUT2D eigenvalue weighted by Crippen LogP contribution is 2.22. The summed E-state index contributed by atoms with van der Waals surface area (Å²) in [5.41, 5.74) is 3.09. The predicted octanol–water partition coefficient (Wildman–Crippen LogP) is 4.55. The zero-order valence-electron chi connectivity index (χ0n) is 14.3. The van der Waals surface area contributed by atoms with Gasteiger partial charge in [-0.3, -0.25) is 0 Å². The van der Waals surface area contributed by atoms with Crippen LogP contribution in [0.1, 0.15) is 22.8 Å². The van der Waals surface area contributed by atoms with E-state index in [1.165, 1.54) is 0 Å². The average molecular weight is 334 g/mol. The molecule has 3 rings (SSSR count). The maximum atomic E-state index is 10.4. The number of aliphatic hydroxyl groups excluding tert-OH is 1. The molecule has 0 aromatic heterocycles. The fourth-order valence-corrected chi connectivity index (χ4v) is 2.63. The number of ether oxygens (including phenoxy) is 2. The second-order valence-corrected chi connectivity index (χ2v) is 5.91. The van der Waals surface area contributed by atoms with E-state index < -0.39 is 6.10 Å². The first-order valence-electron chi connectivity index (χ1n) is 8.32. The molecule has 3 heteroatoms. The van der Waals surface area contributed by atoms with Gasteiger partial charge in [-0.25, -0.2) is 0 Å². The van der Waals surface area contributed by atoms with Crippen LogP contribution in [0.5, 0.6) is 11.5 Å². The second kappa shape index (κ2) is 8.36. The van der Waals surface area contributed by atoms with Crippen molar-refractivity contribution in [1.82, 2.24) is 0 Å². The lowest BCUT2D eigenvalue weighted by Gasteiger charge is -2.12. The molecule has 0 aliphatic carbocycles. The minimum absolute atomic E-state index is 0.540. The first-order valence-corrected chi connectivity index (χ1v) is 8.32. The van der Waals surface area contributed by atoms with E-state index in [0.29, 0.717) is 13.0 Å². The summed E-state index contributed by atoms with van der Waals surface area (Å²) in [7, 11) is 1.63. The maximum absolute atomic E-state index is 10.4. The quantitative estimate of drug-likeness (QED) is 0.689. The Labute approximate surface area is 148 Å². The normalized spacial score (nSPS) is 11.8. The van der Waals surface area contributed by atoms with Crippen molar-refractivity contribution in [3.8, 4) is 11.5 Å². The fraction of sp³-hybridized carbons (Fsp3) is 0.182. The van der Waals surface area contributed by atoms with Crippen molar-refractivity contribution < 1.29 is 14.6 Å². The second-order valence-electron chi connectivity index (χ2n) is 5.91. The lowest BCUT2D eigenvalue weighted by Crippen LogP contribution is -2.02. The van der Waals surface area contributed by atoms with Gasteiger partial charge in [-0.05, 0) is 41.0 Å². The lowest BCUT2D eigenvalue weighted by atomic mass is 10.0. The van der Waals surface area contributed by atoms with Crippen molar-refractivity contribution >= 4 is 0 Å². The van der Waals surface area contributed by atoms with Gasteiger partial charge in [0.25, 0.3) is 0 Å². The van der Waals surface area contributed by atoms with Crippen LogP contribution in [0.15, 0.2) is 78.9 Å². The molecule has 128 valence electrons. The molecule has 0 aliphatic rings. The zero-order valence-corrected chi connectivity index (χ0v) is 14.3. The minimum atomic E-state index is -0.540. The van der Waals surface area contributed by atoms with E-state index in [2.05, 4.69) is 0 Å². The van der Waals surface area contributed by atoms with Crippen LogP contribution >= 0.6 is 0 Å². The van der Waals surface area contributed by atoms with Gasteiger partial charge in [0.2, 0.25) is 0 Å². The molecule has 1 N–H and O–H groups in total. The molecule has 1 unspecified atom stereocenters. The number of hydrogen-bond acceptors (Lipinski definition) is 3. The van der Waals surface area contributed by atoms with Crippen molar-refractivity contribution in [3.63, 3.8) is 0 Å². The van der Waals surface area contributed by atoms with Crippen LogP contribution in [0.3, 0.4) is 0 Å². The number of hydrogen-bond donors (Lipinski definition) is 1. The van der Waals surface area contributed by atoms with Gasteiger partial charge in [-0.2, -0.15) is 0 Å². The molecule has 0 fully saturated rings. The van der Waals surface area contributed by atoms with E-state index >= 15 is 0 Å². The molecule has 3 aromatic rings. The van der Waals surface area contributed by atoms with Crippen LogP contribution in [-0.2, 0) is 13.0 Å². The average Bonchev–Trinajstić information content (AvgIpc) is 2.68. The molecule has 1 atom stereocenters. The summed E-state index contributed by atoms with van der Waals surface area (Å²) < 4.78 is 10.9. The van der Waals surface area contributed by atoms with Crippen LogP contribution in [0.2, 0.25) is 0 Å². The van der Waals surface area contributed by atoms with E-state index in [1.54, 1.807) is 7.11 Å². The van der Waals surface area contributed by atoms with Crippen LogP contribution < -0.4 is 9.47 Å². The number of aliphatic hydroxyl groups is 1. The zero-order chi connectivity index (χ0) is 17.5. The van der Waals surface area contributed by atoms with Crippen molar-refractivity contribution in [2.45, 2.75) is 19.1 Å². The summed E-state index contributed by atoms with van der Waals surface area (Å²) in [5.74, 6) is 1.61. The smallest absolute Gasteiger partial charge is 0.119 e. The Kier molecular flexibility index (Phi) is 5.70. The predicted molar refractivity (Wildman–Crippen MR) is 98.9 cm³/mol. The summed E-state index contributed by atoms with van der Waals surface area (Å²) in [6.07, 6.45) is 0.0210. The third-order valence-corrected chi connectivity index (χ3v) is 4.10. The van der Waals surface area contributed by atoms with Gasteiger partial charge in [0.1, 0.15) is 18.1 Å². The summed E-state index contributed by atoms with van der Waals surface area (Å²) in [4.78, 5) is 0. The lowest BCUT2D eigenvalue weighted by molar-refractivity contribution is 0.178. The molecule has 0 bridgehead atoms. The van der Waals surface area contributed by atoms with Gasteiger partial charge in [-0.1, -0.05) is 54.6 Å². The molecule has 0 heterocycles. The summed E-state index contributed by atoms with van der Waals surface area (Å²) in [5, 5.41) is 10.4. The van der Waals surface area contributed by atoms with Crippen molar-refractivity contribution in [2.75, 3.05) is 7.11 Å². The van der Waals surface area contributed by atoms with E-state index in [9.17, 15) is 5.11 Å². The Bertz CT molecular complexity index is 765. The first-order chi connectivity index (χ1) is 12.2. The Balaban J connectivity index is 1.56. The van der Waals surface area contributed by atoms with Crippen LogP contribution in [0, 0.1) is 0 Å². The highest BCUT2D eigenvalue weighted by atomic mass is 16.5. The highest BCUT2D eigenvalue weighted by Gasteiger charge is 2.09. The summed E-state index contributed by atoms with van der Waals surface area (Å²) in [6.45, 7) is 0.550. The van der Waals surface area contributed by atoms with Gasteiger partial charge in [-0.15, -0.1) is 0 Å². The van der Waals surface area contributed by atoms with Gasteiger partial charge in [0.05, 0.1) is 13.2 Å². The third-order valence-electron chi connectivity index (χ3n) is 4.10. The number of benzene rings is 3. The summed E-state index contributed by atoms with van der Waals surface area (Å²) >= 11 is 0. The van der Waals surface area contributed by atoms with E-state index in [-0.39, 0.29) is 0 Å². The van der Waals surface area contributed by atoms with Gasteiger partial charge < -0.3 is 14.6 Å². The SMILES string of the molecule is COc1ccc(C(O)Cc2ccc(OCc3ccccc3)cc2)cc1. The molecule has 0 aliphatic heterocycles. The van der Waals surface area contributed by atoms with Gasteiger partial charge in [0.15, 0.2) is 0 Å². The van der Waals surface area contributed by atoms with E-state index in [4.69, 9.17) is 9.47 Å². The molecule has 3 nitrogen and oxygen atoms in total.